The maximum atomic E-state index is 12.5. The Bertz CT molecular complexity index is 840. The Kier molecular flexibility index (Phi) is 4.44. The molecule has 2 N–H and O–H groups in total. The van der Waals surface area contributed by atoms with Gasteiger partial charge in [0.1, 0.15) is 0 Å². The fourth-order valence-corrected chi connectivity index (χ4v) is 3.96. The van der Waals surface area contributed by atoms with Crippen molar-refractivity contribution in [1.82, 2.24) is 14.8 Å². The summed E-state index contributed by atoms with van der Waals surface area (Å²) in [5.41, 5.74) is 2.30. The van der Waals surface area contributed by atoms with E-state index >= 15 is 0 Å². The summed E-state index contributed by atoms with van der Waals surface area (Å²) in [7, 11) is 2.04. The van der Waals surface area contributed by atoms with Crippen LogP contribution in [-0.2, 0) is 23.2 Å². The van der Waals surface area contributed by atoms with Gasteiger partial charge in [-0.05, 0) is 36.8 Å². The number of aromatic nitrogens is 1. The lowest BCUT2D eigenvalue weighted by atomic mass is 9.88. The van der Waals surface area contributed by atoms with E-state index in [1.54, 1.807) is 0 Å². The molecule has 138 valence electrons. The fourth-order valence-electron chi connectivity index (χ4n) is 3.96. The molecular weight excluding hydrogens is 330 g/mol. The number of carbonyl (C=O) groups excluding carboxylic acids is 1. The van der Waals surface area contributed by atoms with Crippen molar-refractivity contribution in [1.29, 1.82) is 0 Å². The number of nitrogens with one attached hydrogen (secondary N) is 1. The van der Waals surface area contributed by atoms with Crippen LogP contribution < -0.4 is 5.32 Å². The molecule has 0 spiro atoms. The molecule has 1 aromatic heterocycles. The minimum Gasteiger partial charge on any atom is -0.481 e. The number of carbonyl (C=O) groups is 2. The maximum Gasteiger partial charge on any atom is 0.307 e. The molecule has 2 aliphatic rings. The average molecular weight is 355 g/mol. The lowest BCUT2D eigenvalue weighted by molar-refractivity contribution is -0.145. The third-order valence-electron chi connectivity index (χ3n) is 5.61. The second kappa shape index (κ2) is 6.76. The first-order valence-corrected chi connectivity index (χ1v) is 9.30. The summed E-state index contributed by atoms with van der Waals surface area (Å²) in [5.74, 6) is -1.54. The van der Waals surface area contributed by atoms with Crippen LogP contribution >= 0.6 is 0 Å². The van der Waals surface area contributed by atoms with Gasteiger partial charge in [-0.3, -0.25) is 14.5 Å². The van der Waals surface area contributed by atoms with Crippen LogP contribution in [0.5, 0.6) is 0 Å². The van der Waals surface area contributed by atoms with E-state index in [9.17, 15) is 14.7 Å². The zero-order chi connectivity index (χ0) is 18.3. The molecular formula is C20H25N3O3. The van der Waals surface area contributed by atoms with E-state index in [2.05, 4.69) is 33.0 Å². The second-order valence-electron chi connectivity index (χ2n) is 7.70. The minimum absolute atomic E-state index is 0.0143. The van der Waals surface area contributed by atoms with Gasteiger partial charge in [-0.25, -0.2) is 0 Å². The Balaban J connectivity index is 1.52. The van der Waals surface area contributed by atoms with Gasteiger partial charge in [0.05, 0.1) is 11.8 Å². The molecule has 2 heterocycles. The smallest absolute Gasteiger partial charge is 0.307 e. The second-order valence-corrected chi connectivity index (χ2v) is 7.70. The summed E-state index contributed by atoms with van der Waals surface area (Å²) in [5, 5.41) is 13.7. The van der Waals surface area contributed by atoms with E-state index in [4.69, 9.17) is 0 Å². The van der Waals surface area contributed by atoms with Crippen molar-refractivity contribution < 1.29 is 14.7 Å². The molecule has 2 atom stereocenters. The van der Waals surface area contributed by atoms with Crippen LogP contribution in [0.4, 0.5) is 0 Å². The molecule has 2 fully saturated rings. The Hall–Kier alpha value is -2.34. The van der Waals surface area contributed by atoms with Gasteiger partial charge in [0, 0.05) is 43.9 Å². The van der Waals surface area contributed by atoms with E-state index in [1.165, 1.54) is 5.39 Å². The number of aliphatic carboxylic acids is 1. The van der Waals surface area contributed by atoms with Gasteiger partial charge >= 0.3 is 5.97 Å². The van der Waals surface area contributed by atoms with Crippen molar-refractivity contribution in [3.05, 3.63) is 36.0 Å². The number of carboxylic acid groups (broad SMARTS) is 1. The number of hydrogen-bond donors (Lipinski definition) is 2. The highest BCUT2D eigenvalue weighted by molar-refractivity contribution is 5.82. The molecule has 0 bridgehead atoms. The monoisotopic (exact) mass is 355 g/mol. The summed E-state index contributed by atoms with van der Waals surface area (Å²) in [6.07, 6.45) is 2.51. The molecule has 1 amide bonds. The molecule has 1 aliphatic heterocycles. The number of aryl methyl sites for hydroxylation is 1. The molecule has 6 heteroatoms. The number of likely N-dealkylation sites (tertiary alicyclic amines) is 1. The first kappa shape index (κ1) is 17.1. The lowest BCUT2D eigenvalue weighted by Gasteiger charge is -2.35. The fraction of sp³-hybridized carbons (Fsp3) is 0.500. The minimum atomic E-state index is -0.809. The van der Waals surface area contributed by atoms with Gasteiger partial charge in [-0.2, -0.15) is 0 Å². The summed E-state index contributed by atoms with van der Waals surface area (Å²) in [6.45, 7) is 1.76. The van der Waals surface area contributed by atoms with Crippen LogP contribution in [0.1, 0.15) is 25.0 Å². The molecule has 2 aromatic rings. The number of hydrogen-bond acceptors (Lipinski definition) is 3. The number of benzene rings is 1. The summed E-state index contributed by atoms with van der Waals surface area (Å²) in [4.78, 5) is 26.2. The lowest BCUT2D eigenvalue weighted by Crippen LogP contribution is -2.48. The molecule has 1 aromatic carbocycles. The molecule has 0 unspecified atom stereocenters. The van der Waals surface area contributed by atoms with Gasteiger partial charge in [0.15, 0.2) is 0 Å². The van der Waals surface area contributed by atoms with Crippen LogP contribution in [0.2, 0.25) is 0 Å². The Morgan fingerprint density at radius 2 is 1.92 bits per heavy atom. The SMILES string of the molecule is Cn1c(CN2C[C@@H](C(=O)O)C[C@@H](C(=O)NC3CC3)C2)cc2ccccc21. The molecule has 0 radical (unpaired) electrons. The van der Waals surface area contributed by atoms with Gasteiger partial charge < -0.3 is 15.0 Å². The summed E-state index contributed by atoms with van der Waals surface area (Å²) >= 11 is 0. The number of piperidine rings is 1. The molecule has 1 aliphatic carbocycles. The van der Waals surface area contributed by atoms with Crippen LogP contribution in [0.3, 0.4) is 0 Å². The Morgan fingerprint density at radius 3 is 2.62 bits per heavy atom. The first-order chi connectivity index (χ1) is 12.5. The topological polar surface area (TPSA) is 74.6 Å². The first-order valence-electron chi connectivity index (χ1n) is 9.30. The van der Waals surface area contributed by atoms with Gasteiger partial charge in [-0.15, -0.1) is 0 Å². The highest BCUT2D eigenvalue weighted by Crippen LogP contribution is 2.27. The van der Waals surface area contributed by atoms with Crippen LogP contribution in [0.25, 0.3) is 10.9 Å². The van der Waals surface area contributed by atoms with Gasteiger partial charge in [-0.1, -0.05) is 18.2 Å². The van der Waals surface area contributed by atoms with Crippen LogP contribution in [0.15, 0.2) is 30.3 Å². The number of amides is 1. The molecule has 1 saturated carbocycles. The number of rotatable bonds is 5. The van der Waals surface area contributed by atoms with E-state index in [-0.39, 0.29) is 11.8 Å². The molecule has 1 saturated heterocycles. The Morgan fingerprint density at radius 1 is 1.19 bits per heavy atom. The van der Waals surface area contributed by atoms with Crippen molar-refractivity contribution in [3.63, 3.8) is 0 Å². The maximum absolute atomic E-state index is 12.5. The molecule has 4 rings (SSSR count). The van der Waals surface area contributed by atoms with Crippen LogP contribution in [-0.4, -0.2) is 45.6 Å². The van der Waals surface area contributed by atoms with Gasteiger partial charge in [0.25, 0.3) is 0 Å². The standard InChI is InChI=1S/C20H25N3O3/c1-22-17(9-13-4-2-3-5-18(13)22)12-23-10-14(8-15(11-23)20(25)26)19(24)21-16-6-7-16/h2-5,9,14-16H,6-8,10-12H2,1H3,(H,21,24)(H,25,26)/t14-,15+/m1/s1. The predicted octanol–water partition coefficient (Wildman–Crippen LogP) is 1.98. The number of nitrogens with zero attached hydrogens (tertiary/aromatic N) is 2. The van der Waals surface area contributed by atoms with E-state index in [1.807, 2.05) is 19.2 Å². The van der Waals surface area contributed by atoms with Crippen molar-refractivity contribution >= 4 is 22.8 Å². The van der Waals surface area contributed by atoms with Crippen molar-refractivity contribution in [2.24, 2.45) is 18.9 Å². The number of fused-ring (bicyclic) bond motifs is 1. The zero-order valence-corrected chi connectivity index (χ0v) is 15.0. The largest absolute Gasteiger partial charge is 0.481 e. The van der Waals surface area contributed by atoms with Crippen molar-refractivity contribution in [2.45, 2.75) is 31.8 Å². The van der Waals surface area contributed by atoms with Crippen LogP contribution in [0, 0.1) is 11.8 Å². The molecule has 6 nitrogen and oxygen atoms in total. The van der Waals surface area contributed by atoms with Gasteiger partial charge in [0.2, 0.25) is 5.91 Å². The molecule has 26 heavy (non-hydrogen) atoms. The zero-order valence-electron chi connectivity index (χ0n) is 15.0. The van der Waals surface area contributed by atoms with E-state index in [0.29, 0.717) is 32.1 Å². The third kappa shape index (κ3) is 3.46. The van der Waals surface area contributed by atoms with Crippen molar-refractivity contribution in [3.8, 4) is 0 Å². The summed E-state index contributed by atoms with van der Waals surface area (Å²) < 4.78 is 2.15. The van der Waals surface area contributed by atoms with E-state index in [0.717, 1.165) is 24.1 Å². The predicted molar refractivity (Wildman–Crippen MR) is 98.6 cm³/mol. The number of carboxylic acids is 1. The van der Waals surface area contributed by atoms with E-state index < -0.39 is 11.9 Å². The quantitative estimate of drug-likeness (QED) is 0.860. The normalized spacial score (nSPS) is 23.9. The highest BCUT2D eigenvalue weighted by atomic mass is 16.4. The number of para-hydroxylation sites is 1. The Labute approximate surface area is 152 Å². The highest BCUT2D eigenvalue weighted by Gasteiger charge is 2.37. The van der Waals surface area contributed by atoms with Crippen molar-refractivity contribution in [2.75, 3.05) is 13.1 Å². The third-order valence-corrected chi connectivity index (χ3v) is 5.61. The summed E-state index contributed by atoms with van der Waals surface area (Å²) in [6, 6.07) is 10.7. The average Bonchev–Trinajstić information content (AvgIpc) is 3.39.